The lowest BCUT2D eigenvalue weighted by molar-refractivity contribution is -0.135. The van der Waals surface area contributed by atoms with Gasteiger partial charge in [0, 0.05) is 31.8 Å². The van der Waals surface area contributed by atoms with Crippen molar-refractivity contribution >= 4 is 11.6 Å². The summed E-state index contributed by atoms with van der Waals surface area (Å²) in [6.07, 6.45) is 2.67. The molecule has 0 spiro atoms. The van der Waals surface area contributed by atoms with Crippen molar-refractivity contribution in [1.82, 2.24) is 0 Å². The quantitative estimate of drug-likeness (QED) is 0.633. The minimum atomic E-state index is -1.04. The van der Waals surface area contributed by atoms with Gasteiger partial charge in [-0.25, -0.2) is 0 Å². The first kappa shape index (κ1) is 21.3. The molecule has 0 aromatic rings. The second kappa shape index (κ2) is 9.41. The lowest BCUT2D eigenvalue weighted by atomic mass is 9.83. The van der Waals surface area contributed by atoms with Crippen LogP contribution in [0.4, 0.5) is 0 Å². The average Bonchev–Trinajstić information content (AvgIpc) is 2.36. The van der Waals surface area contributed by atoms with E-state index in [1.807, 2.05) is 0 Å². The molecule has 0 saturated carbocycles. The van der Waals surface area contributed by atoms with E-state index in [4.69, 9.17) is 4.74 Å². The number of carbonyl (C=O) groups excluding carboxylic acids is 2. The first-order valence-corrected chi connectivity index (χ1v) is 8.21. The molecule has 0 radical (unpaired) electrons. The standard InChI is InChI=1S/C18H34O4/c1-17(2,3)12-8-10-14(19)9-7-11-15(20)16(21)18(4,5)13-22-6/h16,21H,7-13H2,1-6H3. The lowest BCUT2D eigenvalue weighted by Crippen LogP contribution is -2.39. The summed E-state index contributed by atoms with van der Waals surface area (Å²) in [6, 6.07) is 0. The normalized spacial score (nSPS) is 14.0. The number of carbonyl (C=O) groups is 2. The molecule has 22 heavy (non-hydrogen) atoms. The van der Waals surface area contributed by atoms with Gasteiger partial charge in [-0.05, 0) is 24.7 Å². The molecule has 0 amide bonds. The monoisotopic (exact) mass is 314 g/mol. The summed E-state index contributed by atoms with van der Waals surface area (Å²) < 4.78 is 5.03. The van der Waals surface area contributed by atoms with Gasteiger partial charge in [0.1, 0.15) is 11.9 Å². The van der Waals surface area contributed by atoms with E-state index < -0.39 is 11.5 Å². The highest BCUT2D eigenvalue weighted by atomic mass is 16.5. The first-order valence-electron chi connectivity index (χ1n) is 8.21. The molecule has 1 N–H and O–H groups in total. The zero-order valence-electron chi connectivity index (χ0n) is 15.2. The molecule has 0 aliphatic carbocycles. The second-order valence-electron chi connectivity index (χ2n) is 8.10. The van der Waals surface area contributed by atoms with Crippen LogP contribution in [0.25, 0.3) is 0 Å². The van der Waals surface area contributed by atoms with Crippen LogP contribution in [0.1, 0.15) is 73.1 Å². The Bertz CT molecular complexity index is 353. The minimum Gasteiger partial charge on any atom is -0.385 e. The average molecular weight is 314 g/mol. The molecule has 0 bridgehead atoms. The van der Waals surface area contributed by atoms with Gasteiger partial charge < -0.3 is 9.84 Å². The SMILES string of the molecule is COCC(C)(C)C(O)C(=O)CCCC(=O)CCCC(C)(C)C. The largest absolute Gasteiger partial charge is 0.385 e. The van der Waals surface area contributed by atoms with Crippen LogP contribution in [0.2, 0.25) is 0 Å². The molecule has 4 nitrogen and oxygen atoms in total. The van der Waals surface area contributed by atoms with E-state index in [1.165, 1.54) is 0 Å². The molecule has 1 unspecified atom stereocenters. The van der Waals surface area contributed by atoms with Gasteiger partial charge in [0.25, 0.3) is 0 Å². The number of methoxy groups -OCH3 is 1. The lowest BCUT2D eigenvalue weighted by Gasteiger charge is -2.28. The van der Waals surface area contributed by atoms with E-state index in [-0.39, 0.29) is 23.4 Å². The van der Waals surface area contributed by atoms with Crippen LogP contribution in [0.5, 0.6) is 0 Å². The van der Waals surface area contributed by atoms with E-state index in [9.17, 15) is 14.7 Å². The van der Waals surface area contributed by atoms with Crippen LogP contribution in [-0.4, -0.2) is 36.5 Å². The molecular formula is C18H34O4. The maximum Gasteiger partial charge on any atom is 0.161 e. The molecule has 0 aromatic heterocycles. The van der Waals surface area contributed by atoms with Crippen molar-refractivity contribution in [2.75, 3.05) is 13.7 Å². The van der Waals surface area contributed by atoms with Gasteiger partial charge in [-0.15, -0.1) is 0 Å². The van der Waals surface area contributed by atoms with Crippen molar-refractivity contribution < 1.29 is 19.4 Å². The van der Waals surface area contributed by atoms with Crippen molar-refractivity contribution in [3.8, 4) is 0 Å². The summed E-state index contributed by atoms with van der Waals surface area (Å²) >= 11 is 0. The maximum absolute atomic E-state index is 12.0. The van der Waals surface area contributed by atoms with Crippen molar-refractivity contribution in [3.05, 3.63) is 0 Å². The number of hydrogen-bond acceptors (Lipinski definition) is 4. The van der Waals surface area contributed by atoms with Gasteiger partial charge in [-0.2, -0.15) is 0 Å². The molecule has 0 fully saturated rings. The van der Waals surface area contributed by atoms with Crippen LogP contribution in [-0.2, 0) is 14.3 Å². The summed E-state index contributed by atoms with van der Waals surface area (Å²) in [6.45, 7) is 10.4. The number of aliphatic hydroxyl groups excluding tert-OH is 1. The third-order valence-electron chi connectivity index (χ3n) is 3.82. The Kier molecular flexibility index (Phi) is 9.09. The van der Waals surface area contributed by atoms with Crippen molar-refractivity contribution in [3.63, 3.8) is 0 Å². The predicted octanol–water partition coefficient (Wildman–Crippen LogP) is 3.54. The Morgan fingerprint density at radius 2 is 1.55 bits per heavy atom. The maximum atomic E-state index is 12.0. The van der Waals surface area contributed by atoms with E-state index in [0.29, 0.717) is 25.9 Å². The molecule has 0 saturated heterocycles. The minimum absolute atomic E-state index is 0.204. The molecule has 4 heteroatoms. The van der Waals surface area contributed by atoms with Crippen LogP contribution in [0, 0.1) is 10.8 Å². The highest BCUT2D eigenvalue weighted by Gasteiger charge is 2.32. The van der Waals surface area contributed by atoms with E-state index in [2.05, 4.69) is 20.8 Å². The summed E-state index contributed by atoms with van der Waals surface area (Å²) in [5.41, 5.74) is -0.337. The summed E-state index contributed by atoms with van der Waals surface area (Å²) in [5.74, 6) is 0.00670. The Morgan fingerprint density at radius 1 is 1.00 bits per heavy atom. The van der Waals surface area contributed by atoms with Crippen molar-refractivity contribution in [1.29, 1.82) is 0 Å². The molecule has 1 atom stereocenters. The van der Waals surface area contributed by atoms with Gasteiger partial charge in [0.2, 0.25) is 0 Å². The van der Waals surface area contributed by atoms with Crippen LogP contribution in [0.15, 0.2) is 0 Å². The third kappa shape index (κ3) is 9.31. The van der Waals surface area contributed by atoms with Gasteiger partial charge >= 0.3 is 0 Å². The molecule has 130 valence electrons. The Labute approximate surface area is 135 Å². The zero-order valence-corrected chi connectivity index (χ0v) is 15.2. The molecule has 0 aliphatic heterocycles. The topological polar surface area (TPSA) is 63.6 Å². The zero-order chi connectivity index (χ0) is 17.4. The number of Topliss-reactive ketones (excluding diaryl/α,β-unsaturated/α-hetero) is 2. The molecule has 0 aliphatic rings. The van der Waals surface area contributed by atoms with Gasteiger partial charge in [0.05, 0.1) is 6.61 Å². The molecular weight excluding hydrogens is 280 g/mol. The van der Waals surface area contributed by atoms with E-state index in [1.54, 1.807) is 21.0 Å². The first-order chi connectivity index (χ1) is 9.99. The fourth-order valence-electron chi connectivity index (χ4n) is 2.42. The predicted molar refractivity (Wildman–Crippen MR) is 88.8 cm³/mol. The Balaban J connectivity index is 3.99. The molecule has 0 aromatic carbocycles. The highest BCUT2D eigenvalue weighted by Crippen LogP contribution is 2.24. The number of ketones is 2. The number of rotatable bonds is 11. The summed E-state index contributed by atoms with van der Waals surface area (Å²) in [5, 5.41) is 10.1. The number of ether oxygens (including phenoxy) is 1. The number of hydrogen-bond donors (Lipinski definition) is 1. The summed E-state index contributed by atoms with van der Waals surface area (Å²) in [4.78, 5) is 23.8. The fraction of sp³-hybridized carbons (Fsp3) is 0.889. The van der Waals surface area contributed by atoms with E-state index >= 15 is 0 Å². The van der Waals surface area contributed by atoms with Gasteiger partial charge in [-0.3, -0.25) is 9.59 Å². The fourth-order valence-corrected chi connectivity index (χ4v) is 2.42. The van der Waals surface area contributed by atoms with Crippen LogP contribution >= 0.6 is 0 Å². The van der Waals surface area contributed by atoms with Crippen molar-refractivity contribution in [2.45, 2.75) is 79.2 Å². The van der Waals surface area contributed by atoms with Crippen molar-refractivity contribution in [2.24, 2.45) is 10.8 Å². The summed E-state index contributed by atoms with van der Waals surface area (Å²) in [7, 11) is 1.55. The van der Waals surface area contributed by atoms with Crippen LogP contribution < -0.4 is 0 Å². The van der Waals surface area contributed by atoms with Crippen LogP contribution in [0.3, 0.4) is 0 Å². The second-order valence-corrected chi connectivity index (χ2v) is 8.10. The number of aliphatic hydroxyl groups is 1. The third-order valence-corrected chi connectivity index (χ3v) is 3.82. The highest BCUT2D eigenvalue weighted by molar-refractivity contribution is 5.84. The van der Waals surface area contributed by atoms with E-state index in [0.717, 1.165) is 12.8 Å². The Hall–Kier alpha value is -0.740. The molecule has 0 rings (SSSR count). The van der Waals surface area contributed by atoms with Gasteiger partial charge in [0.15, 0.2) is 5.78 Å². The smallest absolute Gasteiger partial charge is 0.161 e. The Morgan fingerprint density at radius 3 is 2.05 bits per heavy atom. The van der Waals surface area contributed by atoms with Gasteiger partial charge in [-0.1, -0.05) is 34.6 Å². The molecule has 0 heterocycles.